The summed E-state index contributed by atoms with van der Waals surface area (Å²) in [5.41, 5.74) is 3.84. The fourth-order valence-corrected chi connectivity index (χ4v) is 3.28. The van der Waals surface area contributed by atoms with Crippen LogP contribution in [0.5, 0.6) is 0 Å². The Kier molecular flexibility index (Phi) is 3.77. The van der Waals surface area contributed by atoms with Gasteiger partial charge in [0, 0.05) is 56.5 Å². The van der Waals surface area contributed by atoms with Gasteiger partial charge in [-0.05, 0) is 26.2 Å². The fourth-order valence-electron chi connectivity index (χ4n) is 3.28. The highest BCUT2D eigenvalue weighted by molar-refractivity contribution is 5.49. The maximum Gasteiger partial charge on any atom is 0.133 e. The van der Waals surface area contributed by atoms with Crippen LogP contribution in [0.4, 0.5) is 5.82 Å². The third kappa shape index (κ3) is 3.37. The van der Waals surface area contributed by atoms with Crippen LogP contribution in [-0.2, 0) is 26.4 Å². The van der Waals surface area contributed by atoms with Gasteiger partial charge in [-0.25, -0.2) is 9.97 Å². The normalized spacial score (nSPS) is 18.5. The Bertz CT molecular complexity index is 703. The lowest BCUT2D eigenvalue weighted by molar-refractivity contribution is 0.279. The molecule has 1 aliphatic heterocycles. The molecule has 0 bridgehead atoms. The molecule has 0 unspecified atom stereocenters. The second-order valence-electron chi connectivity index (χ2n) is 6.76. The molecule has 0 radical (unpaired) electrons. The molecule has 1 N–H and O–H groups in total. The van der Waals surface area contributed by atoms with Crippen LogP contribution in [0.25, 0.3) is 0 Å². The van der Waals surface area contributed by atoms with Crippen LogP contribution in [-0.4, -0.2) is 43.8 Å². The first kappa shape index (κ1) is 14.6. The molecule has 0 atom stereocenters. The van der Waals surface area contributed by atoms with E-state index in [1.165, 1.54) is 29.7 Å². The molecule has 1 saturated carbocycles. The quantitative estimate of drug-likeness (QED) is 0.931. The zero-order valence-electron chi connectivity index (χ0n) is 13.9. The smallest absolute Gasteiger partial charge is 0.133 e. The molecular weight excluding hydrogens is 288 g/mol. The van der Waals surface area contributed by atoms with Crippen molar-refractivity contribution in [1.82, 2.24) is 24.6 Å². The number of aryl methyl sites for hydroxylation is 2. The van der Waals surface area contributed by atoms with E-state index in [1.807, 2.05) is 24.9 Å². The van der Waals surface area contributed by atoms with Crippen LogP contribution < -0.4 is 5.32 Å². The van der Waals surface area contributed by atoms with Gasteiger partial charge in [0.2, 0.25) is 0 Å². The molecule has 23 heavy (non-hydrogen) atoms. The lowest BCUT2D eigenvalue weighted by Crippen LogP contribution is -2.25. The average Bonchev–Trinajstić information content (AvgIpc) is 3.26. The topological polar surface area (TPSA) is 58.9 Å². The highest BCUT2D eigenvalue weighted by atomic mass is 15.2. The van der Waals surface area contributed by atoms with Gasteiger partial charge >= 0.3 is 0 Å². The van der Waals surface area contributed by atoms with Gasteiger partial charge in [0.25, 0.3) is 0 Å². The molecule has 4 rings (SSSR count). The van der Waals surface area contributed by atoms with Gasteiger partial charge in [-0.3, -0.25) is 9.58 Å². The molecule has 1 fully saturated rings. The third-order valence-corrected chi connectivity index (χ3v) is 4.63. The van der Waals surface area contributed by atoms with Crippen LogP contribution in [0.3, 0.4) is 0 Å². The number of nitrogens with one attached hydrogen (secondary N) is 1. The van der Waals surface area contributed by atoms with E-state index >= 15 is 0 Å². The molecule has 0 aromatic carbocycles. The van der Waals surface area contributed by atoms with E-state index in [0.29, 0.717) is 6.04 Å². The van der Waals surface area contributed by atoms with E-state index in [9.17, 15) is 0 Å². The molecule has 122 valence electrons. The summed E-state index contributed by atoms with van der Waals surface area (Å²) in [7, 11) is 1.97. The first-order valence-corrected chi connectivity index (χ1v) is 8.50. The molecule has 2 aliphatic rings. The minimum Gasteiger partial charge on any atom is -0.367 e. The van der Waals surface area contributed by atoms with Gasteiger partial charge in [-0.1, -0.05) is 0 Å². The predicted molar refractivity (Wildman–Crippen MR) is 89.3 cm³/mol. The summed E-state index contributed by atoms with van der Waals surface area (Å²) < 4.78 is 1.87. The van der Waals surface area contributed by atoms with Gasteiger partial charge in [-0.2, -0.15) is 5.10 Å². The molecule has 1 aliphatic carbocycles. The molecule has 6 nitrogen and oxygen atoms in total. The highest BCUT2D eigenvalue weighted by Crippen LogP contribution is 2.28. The number of hydrogen-bond donors (Lipinski definition) is 1. The van der Waals surface area contributed by atoms with Crippen molar-refractivity contribution in [2.45, 2.75) is 45.2 Å². The molecule has 0 spiro atoms. The number of aromatic nitrogens is 4. The Labute approximate surface area is 136 Å². The van der Waals surface area contributed by atoms with Crippen molar-refractivity contribution in [3.8, 4) is 0 Å². The Hall–Kier alpha value is -1.95. The Balaban J connectivity index is 1.51. The number of fused-ring (bicyclic) bond motifs is 1. The summed E-state index contributed by atoms with van der Waals surface area (Å²) in [6, 6.07) is 0.628. The summed E-state index contributed by atoms with van der Waals surface area (Å²) in [5, 5.41) is 7.87. The van der Waals surface area contributed by atoms with Gasteiger partial charge in [0.05, 0.1) is 11.9 Å². The van der Waals surface area contributed by atoms with E-state index in [0.717, 1.165) is 44.1 Å². The minimum atomic E-state index is 0.628. The Morgan fingerprint density at radius 3 is 2.78 bits per heavy atom. The van der Waals surface area contributed by atoms with Gasteiger partial charge in [0.1, 0.15) is 11.6 Å². The number of anilines is 1. The summed E-state index contributed by atoms with van der Waals surface area (Å²) in [5.74, 6) is 1.96. The highest BCUT2D eigenvalue weighted by Gasteiger charge is 2.25. The summed E-state index contributed by atoms with van der Waals surface area (Å²) >= 11 is 0. The number of rotatable bonds is 4. The molecule has 2 aromatic rings. The van der Waals surface area contributed by atoms with Crippen LogP contribution in [0.1, 0.15) is 35.5 Å². The third-order valence-electron chi connectivity index (χ3n) is 4.63. The second kappa shape index (κ2) is 5.92. The van der Waals surface area contributed by atoms with E-state index in [1.54, 1.807) is 0 Å². The Morgan fingerprint density at radius 1 is 1.22 bits per heavy atom. The summed E-state index contributed by atoms with van der Waals surface area (Å²) in [6.07, 6.45) is 8.61. The van der Waals surface area contributed by atoms with Crippen molar-refractivity contribution in [3.05, 3.63) is 35.0 Å². The number of nitrogens with zero attached hydrogens (tertiary/aromatic N) is 5. The van der Waals surface area contributed by atoms with Crippen molar-refractivity contribution >= 4 is 5.82 Å². The summed E-state index contributed by atoms with van der Waals surface area (Å²) in [4.78, 5) is 11.9. The van der Waals surface area contributed by atoms with Gasteiger partial charge in [0.15, 0.2) is 0 Å². The van der Waals surface area contributed by atoms with Crippen LogP contribution in [0, 0.1) is 6.92 Å². The monoisotopic (exact) mass is 312 g/mol. The van der Waals surface area contributed by atoms with Crippen molar-refractivity contribution in [2.24, 2.45) is 7.05 Å². The predicted octanol–water partition coefficient (Wildman–Crippen LogP) is 1.69. The largest absolute Gasteiger partial charge is 0.367 e. The lowest BCUT2D eigenvalue weighted by atomic mass is 10.1. The van der Waals surface area contributed by atoms with Crippen molar-refractivity contribution in [1.29, 1.82) is 0 Å². The zero-order valence-corrected chi connectivity index (χ0v) is 13.9. The SMILES string of the molecule is Cc1nc2c(c(NC3CC3)n1)CCN(Cc1cnn(C)c1)CC2. The minimum absolute atomic E-state index is 0.628. The lowest BCUT2D eigenvalue weighted by Gasteiger charge is -2.18. The molecule has 0 amide bonds. The van der Waals surface area contributed by atoms with E-state index < -0.39 is 0 Å². The van der Waals surface area contributed by atoms with E-state index in [-0.39, 0.29) is 0 Å². The van der Waals surface area contributed by atoms with Crippen molar-refractivity contribution in [2.75, 3.05) is 18.4 Å². The molecular formula is C17H24N6. The van der Waals surface area contributed by atoms with Gasteiger partial charge in [-0.15, -0.1) is 0 Å². The van der Waals surface area contributed by atoms with Crippen molar-refractivity contribution < 1.29 is 0 Å². The van der Waals surface area contributed by atoms with Crippen LogP contribution >= 0.6 is 0 Å². The summed E-state index contributed by atoms with van der Waals surface area (Å²) in [6.45, 7) is 5.05. The zero-order chi connectivity index (χ0) is 15.8. The first-order valence-electron chi connectivity index (χ1n) is 8.50. The Morgan fingerprint density at radius 2 is 2.04 bits per heavy atom. The van der Waals surface area contributed by atoms with E-state index in [4.69, 9.17) is 4.98 Å². The van der Waals surface area contributed by atoms with Crippen molar-refractivity contribution in [3.63, 3.8) is 0 Å². The second-order valence-corrected chi connectivity index (χ2v) is 6.76. The first-order chi connectivity index (χ1) is 11.2. The molecule has 6 heteroatoms. The maximum absolute atomic E-state index is 4.71. The van der Waals surface area contributed by atoms with Crippen LogP contribution in [0.15, 0.2) is 12.4 Å². The van der Waals surface area contributed by atoms with E-state index in [2.05, 4.69) is 26.5 Å². The fraction of sp³-hybridized carbons (Fsp3) is 0.588. The van der Waals surface area contributed by atoms with Crippen LogP contribution in [0.2, 0.25) is 0 Å². The molecule has 0 saturated heterocycles. The maximum atomic E-state index is 4.71. The average molecular weight is 312 g/mol. The molecule has 3 heterocycles. The number of hydrogen-bond acceptors (Lipinski definition) is 5. The molecule has 2 aromatic heterocycles. The standard InChI is InChI=1S/C17H24N6/c1-12-19-16-6-8-23(11-13-9-18-22(2)10-13)7-5-15(16)17(20-12)21-14-3-4-14/h9-10,14H,3-8,11H2,1-2H3,(H,19,20,21). The van der Waals surface area contributed by atoms with Gasteiger partial charge < -0.3 is 5.32 Å².